The molecule has 0 spiro atoms. The van der Waals surface area contributed by atoms with Crippen LogP contribution >= 0.6 is 11.8 Å². The summed E-state index contributed by atoms with van der Waals surface area (Å²) in [6.07, 6.45) is 5.87. The fourth-order valence-electron chi connectivity index (χ4n) is 2.37. The highest BCUT2D eigenvalue weighted by Gasteiger charge is 2.36. The van der Waals surface area contributed by atoms with Crippen LogP contribution in [0.4, 0.5) is 0 Å². The van der Waals surface area contributed by atoms with Gasteiger partial charge in [-0.1, -0.05) is 12.1 Å². The zero-order chi connectivity index (χ0) is 13.5. The number of carbonyl (C=O) groups excluding carboxylic acids is 1. The second-order valence-electron chi connectivity index (χ2n) is 5.51. The Bertz CT molecular complexity index is 642. The predicted octanol–water partition coefficient (Wildman–Crippen LogP) is 3.45. The minimum absolute atomic E-state index is 0.609. The molecule has 2 fully saturated rings. The smallest absolute Gasteiger partial charge is 0.196 e. The number of nitrogens with zero attached hydrogens (tertiary/aromatic N) is 3. The lowest BCUT2D eigenvalue weighted by molar-refractivity contribution is 0.112. The lowest BCUT2D eigenvalue weighted by Crippen LogP contribution is -2.01. The molecule has 0 aliphatic heterocycles. The van der Waals surface area contributed by atoms with E-state index in [1.807, 2.05) is 24.3 Å². The van der Waals surface area contributed by atoms with Gasteiger partial charge in [-0.3, -0.25) is 4.79 Å². The summed E-state index contributed by atoms with van der Waals surface area (Å²) in [7, 11) is 0. The molecule has 20 heavy (non-hydrogen) atoms. The van der Waals surface area contributed by atoms with Gasteiger partial charge >= 0.3 is 0 Å². The number of aromatic nitrogens is 3. The quantitative estimate of drug-likeness (QED) is 0.789. The van der Waals surface area contributed by atoms with Crippen molar-refractivity contribution in [3.8, 4) is 0 Å². The summed E-state index contributed by atoms with van der Waals surface area (Å²) in [5.41, 5.74) is 0.705. The van der Waals surface area contributed by atoms with Gasteiger partial charge in [0.25, 0.3) is 0 Å². The Balaban J connectivity index is 1.62. The summed E-state index contributed by atoms with van der Waals surface area (Å²) in [6.45, 7) is 0. The maximum absolute atomic E-state index is 10.7. The van der Waals surface area contributed by atoms with E-state index in [0.717, 1.165) is 16.3 Å². The van der Waals surface area contributed by atoms with E-state index in [9.17, 15) is 4.79 Å². The molecule has 2 aliphatic carbocycles. The van der Waals surface area contributed by atoms with Crippen molar-refractivity contribution in [1.29, 1.82) is 0 Å². The molecule has 0 radical (unpaired) electrons. The monoisotopic (exact) mass is 285 g/mol. The third kappa shape index (κ3) is 2.26. The minimum Gasteiger partial charge on any atom is -0.302 e. The van der Waals surface area contributed by atoms with E-state index >= 15 is 0 Å². The number of benzene rings is 1. The van der Waals surface area contributed by atoms with Gasteiger partial charge in [-0.2, -0.15) is 0 Å². The van der Waals surface area contributed by atoms with Gasteiger partial charge in [0.05, 0.1) is 0 Å². The maximum Gasteiger partial charge on any atom is 0.196 e. The molecule has 1 aromatic carbocycles. The third-order valence-electron chi connectivity index (χ3n) is 3.77. The first-order valence-corrected chi connectivity index (χ1v) is 7.84. The molecule has 0 N–H and O–H groups in total. The molecule has 102 valence electrons. The van der Waals surface area contributed by atoms with Crippen molar-refractivity contribution in [3.05, 3.63) is 35.7 Å². The topological polar surface area (TPSA) is 47.8 Å². The Labute approximate surface area is 121 Å². The number of rotatable bonds is 5. The number of aldehydes is 1. The van der Waals surface area contributed by atoms with Gasteiger partial charge in [-0.15, -0.1) is 10.2 Å². The van der Waals surface area contributed by atoms with Crippen molar-refractivity contribution in [2.45, 2.75) is 47.7 Å². The number of hydrogen-bond donors (Lipinski definition) is 0. The summed E-state index contributed by atoms with van der Waals surface area (Å²) < 4.78 is 2.34. The van der Waals surface area contributed by atoms with Crippen LogP contribution in [0.25, 0.3) is 0 Å². The molecule has 1 aromatic heterocycles. The van der Waals surface area contributed by atoms with E-state index in [2.05, 4.69) is 14.8 Å². The van der Waals surface area contributed by atoms with E-state index in [1.165, 1.54) is 31.5 Å². The van der Waals surface area contributed by atoms with Crippen molar-refractivity contribution in [2.75, 3.05) is 0 Å². The van der Waals surface area contributed by atoms with E-state index in [1.54, 1.807) is 11.8 Å². The predicted molar refractivity (Wildman–Crippen MR) is 76.2 cm³/mol. The molecule has 4 nitrogen and oxygen atoms in total. The first-order valence-electron chi connectivity index (χ1n) is 7.03. The Morgan fingerprint density at radius 2 is 1.85 bits per heavy atom. The molecule has 4 rings (SSSR count). The normalized spacial score (nSPS) is 18.2. The zero-order valence-electron chi connectivity index (χ0n) is 11.0. The van der Waals surface area contributed by atoms with Gasteiger partial charge in [-0.25, -0.2) is 0 Å². The Kier molecular flexibility index (Phi) is 2.88. The standard InChI is InChI=1S/C15H15N3OS/c19-9-10-1-7-13(8-2-10)20-15-17-16-14(11-3-4-11)18(15)12-5-6-12/h1-2,7-9,11-12H,3-6H2. The van der Waals surface area contributed by atoms with Gasteiger partial charge in [0.2, 0.25) is 0 Å². The number of carbonyl (C=O) groups is 1. The fraction of sp³-hybridized carbons (Fsp3) is 0.400. The molecule has 0 bridgehead atoms. The summed E-state index contributed by atoms with van der Waals surface area (Å²) >= 11 is 1.64. The van der Waals surface area contributed by atoms with Crippen LogP contribution in [0.15, 0.2) is 34.3 Å². The molecular weight excluding hydrogens is 270 g/mol. The van der Waals surface area contributed by atoms with Crippen LogP contribution < -0.4 is 0 Å². The SMILES string of the molecule is O=Cc1ccc(Sc2nnc(C3CC3)n2C2CC2)cc1. The second kappa shape index (κ2) is 4.74. The summed E-state index contributed by atoms with van der Waals surface area (Å²) in [5, 5.41) is 9.78. The first kappa shape index (κ1) is 12.1. The van der Waals surface area contributed by atoms with E-state index in [0.29, 0.717) is 17.5 Å². The molecule has 2 saturated carbocycles. The zero-order valence-corrected chi connectivity index (χ0v) is 11.8. The summed E-state index contributed by atoms with van der Waals surface area (Å²) in [6, 6.07) is 8.23. The Hall–Kier alpha value is -1.62. The lowest BCUT2D eigenvalue weighted by atomic mass is 10.2. The van der Waals surface area contributed by atoms with Crippen LogP contribution in [-0.4, -0.2) is 21.1 Å². The van der Waals surface area contributed by atoms with Crippen LogP contribution in [0.1, 0.15) is 53.8 Å². The van der Waals surface area contributed by atoms with Crippen molar-refractivity contribution >= 4 is 18.0 Å². The molecule has 0 saturated heterocycles. The highest BCUT2D eigenvalue weighted by molar-refractivity contribution is 7.99. The van der Waals surface area contributed by atoms with E-state index in [-0.39, 0.29) is 0 Å². The minimum atomic E-state index is 0.609. The maximum atomic E-state index is 10.7. The van der Waals surface area contributed by atoms with Crippen molar-refractivity contribution in [1.82, 2.24) is 14.8 Å². The third-order valence-corrected chi connectivity index (χ3v) is 4.74. The van der Waals surface area contributed by atoms with E-state index < -0.39 is 0 Å². The first-order chi connectivity index (χ1) is 9.85. The van der Waals surface area contributed by atoms with Crippen molar-refractivity contribution in [3.63, 3.8) is 0 Å². The van der Waals surface area contributed by atoms with Crippen LogP contribution in [0, 0.1) is 0 Å². The molecule has 1 heterocycles. The van der Waals surface area contributed by atoms with Gasteiger partial charge in [0.15, 0.2) is 5.16 Å². The molecule has 0 atom stereocenters. The molecule has 0 amide bonds. The van der Waals surface area contributed by atoms with Crippen LogP contribution in [0.2, 0.25) is 0 Å². The van der Waals surface area contributed by atoms with Gasteiger partial charge in [0, 0.05) is 22.4 Å². The molecular formula is C15H15N3OS. The van der Waals surface area contributed by atoms with Gasteiger partial charge < -0.3 is 4.57 Å². The average Bonchev–Trinajstić information content (AvgIpc) is 3.39. The Morgan fingerprint density at radius 3 is 2.45 bits per heavy atom. The largest absolute Gasteiger partial charge is 0.302 e. The van der Waals surface area contributed by atoms with Crippen LogP contribution in [0.5, 0.6) is 0 Å². The number of hydrogen-bond acceptors (Lipinski definition) is 4. The average molecular weight is 285 g/mol. The summed E-state index contributed by atoms with van der Waals surface area (Å²) in [4.78, 5) is 11.8. The fourth-order valence-corrected chi connectivity index (χ4v) is 3.28. The highest BCUT2D eigenvalue weighted by Crippen LogP contribution is 2.46. The van der Waals surface area contributed by atoms with Crippen LogP contribution in [-0.2, 0) is 0 Å². The van der Waals surface area contributed by atoms with Gasteiger partial charge in [-0.05, 0) is 49.6 Å². The van der Waals surface area contributed by atoms with Crippen LogP contribution in [0.3, 0.4) is 0 Å². The van der Waals surface area contributed by atoms with Crippen molar-refractivity contribution < 1.29 is 4.79 Å². The van der Waals surface area contributed by atoms with E-state index in [4.69, 9.17) is 0 Å². The van der Waals surface area contributed by atoms with Crippen molar-refractivity contribution in [2.24, 2.45) is 0 Å². The molecule has 5 heteroatoms. The summed E-state index contributed by atoms with van der Waals surface area (Å²) in [5.74, 6) is 1.81. The van der Waals surface area contributed by atoms with Gasteiger partial charge in [0.1, 0.15) is 12.1 Å². The highest BCUT2D eigenvalue weighted by atomic mass is 32.2. The second-order valence-corrected chi connectivity index (χ2v) is 6.55. The lowest BCUT2D eigenvalue weighted by Gasteiger charge is -2.07. The Morgan fingerprint density at radius 1 is 1.10 bits per heavy atom. The molecule has 2 aliphatic rings. The molecule has 0 unspecified atom stereocenters. The molecule has 2 aromatic rings.